The van der Waals surface area contributed by atoms with Crippen molar-refractivity contribution in [3.8, 4) is 0 Å². The molecule has 1 aromatic heterocycles. The van der Waals surface area contributed by atoms with Crippen LogP contribution in [0.2, 0.25) is 0 Å². The molecule has 1 N–H and O–H groups in total. The third-order valence-electron chi connectivity index (χ3n) is 3.18. The van der Waals surface area contributed by atoms with E-state index in [0.717, 1.165) is 16.9 Å². The van der Waals surface area contributed by atoms with Gasteiger partial charge < -0.3 is 10.0 Å². The molecule has 0 atom stereocenters. The summed E-state index contributed by atoms with van der Waals surface area (Å²) >= 11 is 0. The van der Waals surface area contributed by atoms with Crippen molar-refractivity contribution in [3.05, 3.63) is 53.2 Å². The number of nitrogens with zero attached hydrogens (tertiary/aromatic N) is 2. The van der Waals surface area contributed by atoms with Gasteiger partial charge in [-0.25, -0.2) is 9.78 Å². The molecule has 0 radical (unpaired) electrons. The first-order valence-corrected chi connectivity index (χ1v) is 6.58. The number of carboxylic acid groups (broad SMARTS) is 1. The number of rotatable bonds is 4. The van der Waals surface area contributed by atoms with Crippen LogP contribution in [0.3, 0.4) is 0 Å². The summed E-state index contributed by atoms with van der Waals surface area (Å²) < 4.78 is 0. The molecule has 2 rings (SSSR count). The Bertz CT molecular complexity index is 624. The van der Waals surface area contributed by atoms with Gasteiger partial charge in [0.1, 0.15) is 11.4 Å². The number of benzene rings is 1. The lowest BCUT2D eigenvalue weighted by Crippen LogP contribution is -2.21. The number of hydrogen-bond acceptors (Lipinski definition) is 3. The zero-order valence-electron chi connectivity index (χ0n) is 11.9. The Balaban J connectivity index is 2.63. The van der Waals surface area contributed by atoms with Crippen molar-refractivity contribution >= 4 is 17.5 Å². The maximum absolute atomic E-state index is 11.5. The van der Waals surface area contributed by atoms with Gasteiger partial charge in [0.05, 0.1) is 0 Å². The van der Waals surface area contributed by atoms with Crippen molar-refractivity contribution < 1.29 is 9.90 Å². The van der Waals surface area contributed by atoms with E-state index >= 15 is 0 Å². The number of carbonyl (C=O) groups is 1. The van der Waals surface area contributed by atoms with Gasteiger partial charge in [0.15, 0.2) is 0 Å². The summed E-state index contributed by atoms with van der Waals surface area (Å²) in [5.74, 6) is -0.442. The molecule has 104 valence electrons. The smallest absolute Gasteiger partial charge is 0.339 e. The molecular weight excluding hydrogens is 252 g/mol. The van der Waals surface area contributed by atoms with E-state index in [1.165, 1.54) is 0 Å². The van der Waals surface area contributed by atoms with Crippen molar-refractivity contribution in [2.24, 2.45) is 0 Å². The Hall–Kier alpha value is -2.36. The lowest BCUT2D eigenvalue weighted by Gasteiger charge is -2.24. The van der Waals surface area contributed by atoms with Gasteiger partial charge in [-0.1, -0.05) is 18.2 Å². The first-order chi connectivity index (χ1) is 9.54. The minimum absolute atomic E-state index is 0.265. The number of hydrogen-bond donors (Lipinski definition) is 1. The number of pyridine rings is 1. The molecule has 2 aromatic rings. The second kappa shape index (κ2) is 5.74. The summed E-state index contributed by atoms with van der Waals surface area (Å²) in [7, 11) is 0. The minimum atomic E-state index is -0.945. The van der Waals surface area contributed by atoms with Crippen LogP contribution in [-0.4, -0.2) is 22.6 Å². The Morgan fingerprint density at radius 3 is 2.45 bits per heavy atom. The number of anilines is 2. The van der Waals surface area contributed by atoms with Gasteiger partial charge in [-0.15, -0.1) is 0 Å². The molecule has 4 nitrogen and oxygen atoms in total. The van der Waals surface area contributed by atoms with Gasteiger partial charge in [-0.2, -0.15) is 0 Å². The predicted molar refractivity (Wildman–Crippen MR) is 79.8 cm³/mol. The summed E-state index contributed by atoms with van der Waals surface area (Å²) in [5, 5.41) is 9.46. The third kappa shape index (κ3) is 2.64. The second-order valence-electron chi connectivity index (χ2n) is 4.66. The van der Waals surface area contributed by atoms with Crippen molar-refractivity contribution in [2.45, 2.75) is 20.8 Å². The monoisotopic (exact) mass is 270 g/mol. The average Bonchev–Trinajstić information content (AvgIpc) is 2.39. The van der Waals surface area contributed by atoms with E-state index < -0.39 is 5.97 Å². The molecule has 0 fully saturated rings. The average molecular weight is 270 g/mol. The number of aromatic nitrogens is 1. The Labute approximate surface area is 118 Å². The van der Waals surface area contributed by atoms with Gasteiger partial charge in [0, 0.05) is 17.9 Å². The summed E-state index contributed by atoms with van der Waals surface area (Å²) in [6, 6.07) is 11.5. The highest BCUT2D eigenvalue weighted by atomic mass is 16.4. The van der Waals surface area contributed by atoms with Crippen LogP contribution in [0.5, 0.6) is 0 Å². The molecule has 1 aromatic carbocycles. The summed E-state index contributed by atoms with van der Waals surface area (Å²) in [4.78, 5) is 17.9. The fourth-order valence-corrected chi connectivity index (χ4v) is 2.34. The molecule has 20 heavy (non-hydrogen) atoms. The Morgan fingerprint density at radius 2 is 1.90 bits per heavy atom. The van der Waals surface area contributed by atoms with Crippen molar-refractivity contribution in [1.29, 1.82) is 0 Å². The van der Waals surface area contributed by atoms with E-state index in [9.17, 15) is 9.90 Å². The molecule has 0 amide bonds. The standard InChI is InChI=1S/C16H18N2O2/c1-4-18(13-8-6-5-7-9-13)15-14(16(19)20)11(2)10-12(3)17-15/h5-10H,4H2,1-3H3,(H,19,20). The normalized spacial score (nSPS) is 10.3. The largest absolute Gasteiger partial charge is 0.478 e. The van der Waals surface area contributed by atoms with Crippen molar-refractivity contribution in [1.82, 2.24) is 4.98 Å². The molecule has 0 spiro atoms. The van der Waals surface area contributed by atoms with Crippen LogP contribution in [-0.2, 0) is 0 Å². The Morgan fingerprint density at radius 1 is 1.25 bits per heavy atom. The maximum atomic E-state index is 11.5. The van der Waals surface area contributed by atoms with Crippen molar-refractivity contribution in [3.63, 3.8) is 0 Å². The van der Waals surface area contributed by atoms with Crippen LogP contribution in [0.4, 0.5) is 11.5 Å². The van der Waals surface area contributed by atoms with Crippen LogP contribution in [0.1, 0.15) is 28.5 Å². The molecule has 0 aliphatic carbocycles. The van der Waals surface area contributed by atoms with Crippen LogP contribution < -0.4 is 4.90 Å². The molecule has 0 aliphatic rings. The highest BCUT2D eigenvalue weighted by Gasteiger charge is 2.20. The number of aromatic carboxylic acids is 1. The van der Waals surface area contributed by atoms with Gasteiger partial charge >= 0.3 is 5.97 Å². The molecule has 1 heterocycles. The number of carboxylic acids is 1. The first kappa shape index (κ1) is 14.1. The lowest BCUT2D eigenvalue weighted by molar-refractivity contribution is 0.0696. The number of aryl methyl sites for hydroxylation is 2. The summed E-state index contributed by atoms with van der Waals surface area (Å²) in [5.41, 5.74) is 2.75. The molecule has 0 unspecified atom stereocenters. The van der Waals surface area contributed by atoms with E-state index in [2.05, 4.69) is 4.98 Å². The van der Waals surface area contributed by atoms with E-state index in [1.807, 2.05) is 49.1 Å². The van der Waals surface area contributed by atoms with Crippen LogP contribution >= 0.6 is 0 Å². The van der Waals surface area contributed by atoms with E-state index in [1.54, 1.807) is 13.0 Å². The zero-order chi connectivity index (χ0) is 14.7. The summed E-state index contributed by atoms with van der Waals surface area (Å²) in [6.45, 7) is 6.32. The highest BCUT2D eigenvalue weighted by molar-refractivity contribution is 5.96. The highest BCUT2D eigenvalue weighted by Crippen LogP contribution is 2.28. The molecule has 4 heteroatoms. The molecule has 0 aliphatic heterocycles. The van der Waals surface area contributed by atoms with Crippen LogP contribution in [0, 0.1) is 13.8 Å². The van der Waals surface area contributed by atoms with E-state index in [-0.39, 0.29) is 5.56 Å². The maximum Gasteiger partial charge on any atom is 0.339 e. The third-order valence-corrected chi connectivity index (χ3v) is 3.18. The van der Waals surface area contributed by atoms with Crippen LogP contribution in [0.25, 0.3) is 0 Å². The Kier molecular flexibility index (Phi) is 4.03. The molecular formula is C16H18N2O2. The molecule has 0 saturated carbocycles. The van der Waals surface area contributed by atoms with E-state index in [4.69, 9.17) is 0 Å². The number of para-hydroxylation sites is 1. The quantitative estimate of drug-likeness (QED) is 0.923. The fourth-order valence-electron chi connectivity index (χ4n) is 2.34. The van der Waals surface area contributed by atoms with Gasteiger partial charge in [-0.05, 0) is 44.5 Å². The van der Waals surface area contributed by atoms with Crippen LogP contribution in [0.15, 0.2) is 36.4 Å². The summed E-state index contributed by atoms with van der Waals surface area (Å²) in [6.07, 6.45) is 0. The van der Waals surface area contributed by atoms with E-state index in [0.29, 0.717) is 12.4 Å². The predicted octanol–water partition coefficient (Wildman–Crippen LogP) is 3.55. The topological polar surface area (TPSA) is 53.4 Å². The first-order valence-electron chi connectivity index (χ1n) is 6.58. The van der Waals surface area contributed by atoms with Gasteiger partial charge in [0.25, 0.3) is 0 Å². The molecule has 0 bridgehead atoms. The minimum Gasteiger partial charge on any atom is -0.478 e. The van der Waals surface area contributed by atoms with Gasteiger partial charge in [0.2, 0.25) is 0 Å². The SMILES string of the molecule is CCN(c1ccccc1)c1nc(C)cc(C)c1C(=O)O. The molecule has 0 saturated heterocycles. The van der Waals surface area contributed by atoms with Crippen molar-refractivity contribution in [2.75, 3.05) is 11.4 Å². The zero-order valence-corrected chi connectivity index (χ0v) is 11.9. The fraction of sp³-hybridized carbons (Fsp3) is 0.250. The second-order valence-corrected chi connectivity index (χ2v) is 4.66. The lowest BCUT2D eigenvalue weighted by atomic mass is 10.1. The van der Waals surface area contributed by atoms with Gasteiger partial charge in [-0.3, -0.25) is 0 Å².